The molecule has 1 heterocycles. The van der Waals surface area contributed by atoms with Crippen molar-refractivity contribution < 1.29 is 19.0 Å². The third-order valence-corrected chi connectivity index (χ3v) is 4.22. The fourth-order valence-corrected chi connectivity index (χ4v) is 2.99. The lowest BCUT2D eigenvalue weighted by Crippen LogP contribution is -2.39. The number of carbonyl (C=O) groups excluding carboxylic acids is 1. The number of rotatable bonds is 5. The predicted octanol–water partition coefficient (Wildman–Crippen LogP) is 3.23. The second-order valence-electron chi connectivity index (χ2n) is 6.10. The van der Waals surface area contributed by atoms with Gasteiger partial charge in [-0.25, -0.2) is 0 Å². The molecule has 0 spiro atoms. The minimum atomic E-state index is -0.427. The molecule has 0 unspecified atom stereocenters. The van der Waals surface area contributed by atoms with Gasteiger partial charge in [0.2, 0.25) is 5.75 Å². The second kappa shape index (κ2) is 8.04. The summed E-state index contributed by atoms with van der Waals surface area (Å²) in [5.41, 5.74) is 0.824. The number of methoxy groups -OCH3 is 2. The molecule has 1 aromatic rings. The van der Waals surface area contributed by atoms with Gasteiger partial charge in [-0.1, -0.05) is 0 Å². The Morgan fingerprint density at radius 1 is 1.17 bits per heavy atom. The van der Waals surface area contributed by atoms with Gasteiger partial charge in [0.1, 0.15) is 0 Å². The van der Waals surface area contributed by atoms with E-state index >= 15 is 0 Å². The molecule has 1 aliphatic rings. The van der Waals surface area contributed by atoms with E-state index in [9.17, 15) is 4.79 Å². The fourth-order valence-electron chi connectivity index (χ4n) is 2.99. The number of esters is 1. The van der Waals surface area contributed by atoms with E-state index < -0.39 is 5.97 Å². The molecule has 0 radical (unpaired) electrons. The molecule has 1 aromatic carbocycles. The summed E-state index contributed by atoms with van der Waals surface area (Å²) in [5, 5.41) is 6.79. The minimum Gasteiger partial charge on any atom is -0.493 e. The Hall–Kier alpha value is -2.24. The quantitative estimate of drug-likeness (QED) is 0.470. The van der Waals surface area contributed by atoms with Crippen LogP contribution in [-0.4, -0.2) is 43.5 Å². The topological polar surface area (TPSA) is 60.4 Å². The van der Waals surface area contributed by atoms with Crippen LogP contribution >= 0.6 is 0 Å². The van der Waals surface area contributed by atoms with E-state index in [0.29, 0.717) is 23.6 Å². The van der Waals surface area contributed by atoms with Gasteiger partial charge in [-0.2, -0.15) is 5.10 Å². The Kier molecular flexibility index (Phi) is 6.06. The SMILES string of the molecule is COc1cc(/C=N\N2[C@H](C)CCC[C@H]2C)cc(OC)c1OC(C)=O. The number of benzene rings is 1. The summed E-state index contributed by atoms with van der Waals surface area (Å²) >= 11 is 0. The third kappa shape index (κ3) is 4.19. The monoisotopic (exact) mass is 334 g/mol. The molecular weight excluding hydrogens is 308 g/mol. The van der Waals surface area contributed by atoms with Gasteiger partial charge in [-0.3, -0.25) is 9.80 Å². The number of carbonyl (C=O) groups is 1. The lowest BCUT2D eigenvalue weighted by Gasteiger charge is -2.36. The largest absolute Gasteiger partial charge is 0.493 e. The van der Waals surface area contributed by atoms with Crippen molar-refractivity contribution in [2.24, 2.45) is 5.10 Å². The number of hydrazone groups is 1. The average Bonchev–Trinajstić information content (AvgIpc) is 2.54. The highest BCUT2D eigenvalue weighted by Crippen LogP contribution is 2.38. The van der Waals surface area contributed by atoms with Crippen molar-refractivity contribution in [1.29, 1.82) is 0 Å². The fraction of sp³-hybridized carbons (Fsp3) is 0.556. The van der Waals surface area contributed by atoms with Crippen molar-refractivity contribution in [3.05, 3.63) is 17.7 Å². The number of hydrogen-bond donors (Lipinski definition) is 0. The first kappa shape index (κ1) is 18.1. The first-order chi connectivity index (χ1) is 11.5. The standard InChI is InChI=1S/C18H26N2O4/c1-12-7-6-8-13(2)20(12)19-11-15-9-16(22-4)18(24-14(3)21)17(10-15)23-5/h9-13H,6-8H2,1-5H3/b19-11-/t12-,13-/m1/s1. The lowest BCUT2D eigenvalue weighted by atomic mass is 10.00. The Balaban J connectivity index is 2.30. The van der Waals surface area contributed by atoms with Crippen LogP contribution in [0.3, 0.4) is 0 Å². The molecule has 0 aromatic heterocycles. The van der Waals surface area contributed by atoms with Crippen LogP contribution in [0.1, 0.15) is 45.6 Å². The zero-order chi connectivity index (χ0) is 17.7. The van der Waals surface area contributed by atoms with Crippen LogP contribution in [0.2, 0.25) is 0 Å². The summed E-state index contributed by atoms with van der Waals surface area (Å²) in [7, 11) is 3.05. The molecule has 132 valence electrons. The predicted molar refractivity (Wildman–Crippen MR) is 93.1 cm³/mol. The Bertz CT molecular complexity index is 580. The molecule has 1 fully saturated rings. The molecule has 0 bridgehead atoms. The summed E-state index contributed by atoms with van der Waals surface area (Å²) in [5.74, 6) is 0.727. The van der Waals surface area contributed by atoms with Crippen LogP contribution in [0.4, 0.5) is 0 Å². The molecule has 6 nitrogen and oxygen atoms in total. The first-order valence-electron chi connectivity index (χ1n) is 8.23. The number of piperidine rings is 1. The molecule has 1 aliphatic heterocycles. The Labute approximate surface area is 143 Å². The van der Waals surface area contributed by atoms with Crippen molar-refractivity contribution in [3.8, 4) is 17.2 Å². The molecular formula is C18H26N2O4. The number of ether oxygens (including phenoxy) is 3. The van der Waals surface area contributed by atoms with Gasteiger partial charge in [-0.05, 0) is 45.2 Å². The molecule has 2 atom stereocenters. The van der Waals surface area contributed by atoms with Gasteiger partial charge in [0.15, 0.2) is 11.5 Å². The van der Waals surface area contributed by atoms with Crippen LogP contribution in [0.5, 0.6) is 17.2 Å². The maximum Gasteiger partial charge on any atom is 0.308 e. The van der Waals surface area contributed by atoms with Crippen molar-refractivity contribution in [2.75, 3.05) is 14.2 Å². The van der Waals surface area contributed by atoms with Crippen molar-refractivity contribution >= 4 is 12.2 Å². The highest BCUT2D eigenvalue weighted by Gasteiger charge is 2.23. The summed E-state index contributed by atoms with van der Waals surface area (Å²) in [4.78, 5) is 11.3. The van der Waals surface area contributed by atoms with Crippen LogP contribution < -0.4 is 14.2 Å². The van der Waals surface area contributed by atoms with Gasteiger partial charge < -0.3 is 14.2 Å². The summed E-state index contributed by atoms with van der Waals surface area (Å²) < 4.78 is 15.9. The normalized spacial score (nSPS) is 21.0. The van der Waals surface area contributed by atoms with Crippen LogP contribution in [0.25, 0.3) is 0 Å². The van der Waals surface area contributed by atoms with Gasteiger partial charge >= 0.3 is 5.97 Å². The van der Waals surface area contributed by atoms with E-state index in [-0.39, 0.29) is 5.75 Å². The first-order valence-corrected chi connectivity index (χ1v) is 8.23. The zero-order valence-corrected chi connectivity index (χ0v) is 15.0. The highest BCUT2D eigenvalue weighted by atomic mass is 16.6. The van der Waals surface area contributed by atoms with E-state index in [1.54, 1.807) is 18.3 Å². The van der Waals surface area contributed by atoms with Crippen molar-refractivity contribution in [3.63, 3.8) is 0 Å². The molecule has 6 heteroatoms. The molecule has 0 N–H and O–H groups in total. The summed E-state index contributed by atoms with van der Waals surface area (Å²) in [6, 6.07) is 4.41. The molecule has 24 heavy (non-hydrogen) atoms. The van der Waals surface area contributed by atoms with E-state index in [2.05, 4.69) is 24.0 Å². The van der Waals surface area contributed by atoms with E-state index in [1.165, 1.54) is 27.6 Å². The van der Waals surface area contributed by atoms with Crippen LogP contribution in [-0.2, 0) is 4.79 Å². The van der Waals surface area contributed by atoms with E-state index in [0.717, 1.165) is 18.4 Å². The van der Waals surface area contributed by atoms with Gasteiger partial charge in [0.05, 0.1) is 20.4 Å². The summed E-state index contributed by atoms with van der Waals surface area (Å²) in [6.07, 6.45) is 5.34. The molecule has 0 aliphatic carbocycles. The summed E-state index contributed by atoms with van der Waals surface area (Å²) in [6.45, 7) is 5.73. The maximum atomic E-state index is 11.3. The van der Waals surface area contributed by atoms with Crippen LogP contribution in [0, 0.1) is 0 Å². The van der Waals surface area contributed by atoms with Gasteiger partial charge in [-0.15, -0.1) is 0 Å². The highest BCUT2D eigenvalue weighted by molar-refractivity contribution is 5.83. The molecule has 0 saturated carbocycles. The van der Waals surface area contributed by atoms with Crippen molar-refractivity contribution in [2.45, 2.75) is 52.1 Å². The molecule has 1 saturated heterocycles. The number of hydrogen-bond acceptors (Lipinski definition) is 6. The third-order valence-electron chi connectivity index (χ3n) is 4.22. The van der Waals surface area contributed by atoms with Crippen molar-refractivity contribution in [1.82, 2.24) is 5.01 Å². The minimum absolute atomic E-state index is 0.282. The van der Waals surface area contributed by atoms with Gasteiger partial charge in [0.25, 0.3) is 0 Å². The Morgan fingerprint density at radius 2 is 1.71 bits per heavy atom. The molecule has 2 rings (SSSR count). The smallest absolute Gasteiger partial charge is 0.308 e. The van der Waals surface area contributed by atoms with E-state index in [1.807, 2.05) is 0 Å². The van der Waals surface area contributed by atoms with Gasteiger partial charge in [0, 0.05) is 24.6 Å². The maximum absolute atomic E-state index is 11.3. The molecule has 0 amide bonds. The average molecular weight is 334 g/mol. The van der Waals surface area contributed by atoms with Crippen LogP contribution in [0.15, 0.2) is 17.2 Å². The van der Waals surface area contributed by atoms with E-state index in [4.69, 9.17) is 14.2 Å². The second-order valence-corrected chi connectivity index (χ2v) is 6.10. The number of nitrogens with zero attached hydrogens (tertiary/aromatic N) is 2. The lowest BCUT2D eigenvalue weighted by molar-refractivity contribution is -0.132. The zero-order valence-electron chi connectivity index (χ0n) is 15.0. The Morgan fingerprint density at radius 3 is 2.17 bits per heavy atom.